The lowest BCUT2D eigenvalue weighted by atomic mass is 10.2. The Morgan fingerprint density at radius 3 is 2.62 bits per heavy atom. The molecular formula is C16H18ClN3O6. The van der Waals surface area contributed by atoms with Crippen LogP contribution in [0.15, 0.2) is 18.2 Å². The van der Waals surface area contributed by atoms with Crippen LogP contribution in [0.3, 0.4) is 0 Å². The second kappa shape index (κ2) is 9.14. The molecule has 0 bridgehead atoms. The summed E-state index contributed by atoms with van der Waals surface area (Å²) in [6.45, 7) is -0.885. The molecule has 26 heavy (non-hydrogen) atoms. The van der Waals surface area contributed by atoms with Crippen LogP contribution in [0.25, 0.3) is 0 Å². The summed E-state index contributed by atoms with van der Waals surface area (Å²) in [5.41, 5.74) is -0.432. The maximum absolute atomic E-state index is 11.9. The van der Waals surface area contributed by atoms with Crippen LogP contribution in [-0.2, 0) is 14.3 Å². The third kappa shape index (κ3) is 5.69. The first kappa shape index (κ1) is 19.6. The van der Waals surface area contributed by atoms with E-state index in [-0.39, 0.29) is 22.5 Å². The maximum Gasteiger partial charge on any atom is 0.325 e. The molecule has 2 rings (SSSR count). The number of esters is 1. The van der Waals surface area contributed by atoms with Gasteiger partial charge in [0, 0.05) is 17.7 Å². The zero-order valence-electron chi connectivity index (χ0n) is 13.8. The van der Waals surface area contributed by atoms with Crippen molar-refractivity contribution in [3.8, 4) is 0 Å². The predicted octanol–water partition coefficient (Wildman–Crippen LogP) is 1.58. The third-order valence-electron chi connectivity index (χ3n) is 3.88. The van der Waals surface area contributed by atoms with Crippen molar-refractivity contribution in [1.29, 1.82) is 0 Å². The van der Waals surface area contributed by atoms with Gasteiger partial charge in [-0.2, -0.15) is 0 Å². The number of ether oxygens (including phenoxy) is 1. The lowest BCUT2D eigenvalue weighted by Crippen LogP contribution is -2.37. The fraction of sp³-hybridized carbons (Fsp3) is 0.438. The average Bonchev–Trinajstić information content (AvgIpc) is 3.10. The minimum atomic E-state index is -0.789. The molecule has 1 fully saturated rings. The molecule has 140 valence electrons. The number of carbonyl (C=O) groups is 3. The zero-order valence-corrected chi connectivity index (χ0v) is 14.6. The molecule has 2 amide bonds. The number of halogens is 1. The number of nitro groups is 1. The molecule has 2 N–H and O–H groups in total. The van der Waals surface area contributed by atoms with Gasteiger partial charge < -0.3 is 15.4 Å². The van der Waals surface area contributed by atoms with Gasteiger partial charge in [0.25, 0.3) is 17.5 Å². The number of carbonyl (C=O) groups excluding carboxylic acids is 3. The Kier molecular flexibility index (Phi) is 6.90. The van der Waals surface area contributed by atoms with Crippen molar-refractivity contribution in [2.24, 2.45) is 0 Å². The highest BCUT2D eigenvalue weighted by Gasteiger charge is 2.19. The van der Waals surface area contributed by atoms with Gasteiger partial charge in [-0.1, -0.05) is 24.4 Å². The van der Waals surface area contributed by atoms with Gasteiger partial charge in [-0.3, -0.25) is 24.5 Å². The second-order valence-corrected chi connectivity index (χ2v) is 6.22. The minimum Gasteiger partial charge on any atom is -0.454 e. The van der Waals surface area contributed by atoms with Crippen LogP contribution in [0.1, 0.15) is 36.0 Å². The van der Waals surface area contributed by atoms with Gasteiger partial charge in [-0.15, -0.1) is 0 Å². The van der Waals surface area contributed by atoms with Crippen LogP contribution in [-0.4, -0.2) is 41.9 Å². The molecule has 10 heteroatoms. The molecule has 1 aromatic rings. The third-order valence-corrected chi connectivity index (χ3v) is 4.20. The van der Waals surface area contributed by atoms with Gasteiger partial charge in [0.05, 0.1) is 4.92 Å². The Morgan fingerprint density at radius 1 is 1.27 bits per heavy atom. The lowest BCUT2D eigenvalue weighted by Gasteiger charge is -2.12. The Bertz CT molecular complexity index is 718. The summed E-state index contributed by atoms with van der Waals surface area (Å²) in [6.07, 6.45) is 3.98. The molecule has 0 heterocycles. The van der Waals surface area contributed by atoms with E-state index in [0.717, 1.165) is 31.7 Å². The predicted molar refractivity (Wildman–Crippen MR) is 91.8 cm³/mol. The highest BCUT2D eigenvalue weighted by molar-refractivity contribution is 6.32. The molecule has 0 spiro atoms. The molecule has 9 nitrogen and oxygen atoms in total. The standard InChI is InChI=1S/C16H18ClN3O6/c17-12-6-5-10(7-13(12)20(24)25)16(23)18-8-15(22)26-9-14(21)19-11-3-1-2-4-11/h5-7,11H,1-4,8-9H2,(H,18,23)(H,19,21). The highest BCUT2D eigenvalue weighted by atomic mass is 35.5. The van der Waals surface area contributed by atoms with Gasteiger partial charge >= 0.3 is 5.97 Å². The smallest absolute Gasteiger partial charge is 0.325 e. The first-order valence-electron chi connectivity index (χ1n) is 8.04. The number of benzene rings is 1. The van der Waals surface area contributed by atoms with Gasteiger partial charge in [0.15, 0.2) is 6.61 Å². The van der Waals surface area contributed by atoms with Gasteiger partial charge in [0.2, 0.25) is 0 Å². The minimum absolute atomic E-state index is 0.0205. The first-order valence-corrected chi connectivity index (χ1v) is 8.41. The van der Waals surface area contributed by atoms with E-state index in [2.05, 4.69) is 10.6 Å². The molecule has 0 atom stereocenters. The van der Waals surface area contributed by atoms with Crippen molar-refractivity contribution in [2.45, 2.75) is 31.7 Å². The SMILES string of the molecule is O=C(COC(=O)CNC(=O)c1ccc(Cl)c([N+](=O)[O-])c1)NC1CCCC1. The van der Waals surface area contributed by atoms with E-state index in [9.17, 15) is 24.5 Å². The summed E-state index contributed by atoms with van der Waals surface area (Å²) in [5.74, 6) is -1.87. The average molecular weight is 384 g/mol. The Labute approximate surface area is 154 Å². The van der Waals surface area contributed by atoms with Gasteiger partial charge in [-0.25, -0.2) is 0 Å². The summed E-state index contributed by atoms with van der Waals surface area (Å²) < 4.78 is 4.79. The van der Waals surface area contributed by atoms with E-state index in [1.807, 2.05) is 0 Å². The van der Waals surface area contributed by atoms with Crippen LogP contribution < -0.4 is 10.6 Å². The molecule has 1 aliphatic rings. The Morgan fingerprint density at radius 2 is 1.96 bits per heavy atom. The van der Waals surface area contributed by atoms with Crippen LogP contribution in [0, 0.1) is 10.1 Å². The number of nitrogens with one attached hydrogen (secondary N) is 2. The van der Waals surface area contributed by atoms with E-state index < -0.39 is 35.6 Å². The molecule has 1 aliphatic carbocycles. The molecule has 1 aromatic carbocycles. The number of nitro benzene ring substituents is 1. The Hall–Kier alpha value is -2.68. The molecular weight excluding hydrogens is 366 g/mol. The molecule has 0 aliphatic heterocycles. The number of rotatable bonds is 7. The van der Waals surface area contributed by atoms with E-state index in [4.69, 9.17) is 16.3 Å². The van der Waals surface area contributed by atoms with Crippen LogP contribution in [0.2, 0.25) is 5.02 Å². The van der Waals surface area contributed by atoms with E-state index in [0.29, 0.717) is 0 Å². The molecule has 1 saturated carbocycles. The topological polar surface area (TPSA) is 128 Å². The monoisotopic (exact) mass is 383 g/mol. The van der Waals surface area contributed by atoms with Crippen molar-refractivity contribution < 1.29 is 24.0 Å². The first-order chi connectivity index (χ1) is 12.4. The Balaban J connectivity index is 1.76. The van der Waals surface area contributed by atoms with Crippen molar-refractivity contribution >= 4 is 35.1 Å². The second-order valence-electron chi connectivity index (χ2n) is 5.82. The number of hydrogen-bond acceptors (Lipinski definition) is 6. The molecule has 0 radical (unpaired) electrons. The summed E-state index contributed by atoms with van der Waals surface area (Å²) in [5, 5.41) is 15.8. The number of nitrogens with zero attached hydrogens (tertiary/aromatic N) is 1. The van der Waals surface area contributed by atoms with Crippen LogP contribution in [0.4, 0.5) is 5.69 Å². The van der Waals surface area contributed by atoms with E-state index >= 15 is 0 Å². The fourth-order valence-corrected chi connectivity index (χ4v) is 2.77. The van der Waals surface area contributed by atoms with Crippen LogP contribution in [0.5, 0.6) is 0 Å². The number of hydrogen-bond donors (Lipinski definition) is 2. The molecule has 0 unspecified atom stereocenters. The lowest BCUT2D eigenvalue weighted by molar-refractivity contribution is -0.384. The maximum atomic E-state index is 11.9. The fourth-order valence-electron chi connectivity index (χ4n) is 2.58. The van der Waals surface area contributed by atoms with Crippen LogP contribution >= 0.6 is 11.6 Å². The van der Waals surface area contributed by atoms with Crippen molar-refractivity contribution in [3.05, 3.63) is 38.9 Å². The molecule has 0 saturated heterocycles. The van der Waals surface area contributed by atoms with E-state index in [1.54, 1.807) is 0 Å². The normalized spacial score (nSPS) is 13.9. The van der Waals surface area contributed by atoms with Gasteiger partial charge in [-0.05, 0) is 25.0 Å². The number of amides is 2. The summed E-state index contributed by atoms with van der Waals surface area (Å²) in [7, 11) is 0. The van der Waals surface area contributed by atoms with Crippen molar-refractivity contribution in [2.75, 3.05) is 13.2 Å². The summed E-state index contributed by atoms with van der Waals surface area (Å²) in [4.78, 5) is 45.3. The highest BCUT2D eigenvalue weighted by Crippen LogP contribution is 2.24. The molecule has 0 aromatic heterocycles. The van der Waals surface area contributed by atoms with Crippen molar-refractivity contribution in [1.82, 2.24) is 10.6 Å². The van der Waals surface area contributed by atoms with Crippen molar-refractivity contribution in [3.63, 3.8) is 0 Å². The van der Waals surface area contributed by atoms with Gasteiger partial charge in [0.1, 0.15) is 11.6 Å². The zero-order chi connectivity index (χ0) is 19.1. The van der Waals surface area contributed by atoms with E-state index in [1.165, 1.54) is 12.1 Å². The summed E-state index contributed by atoms with van der Waals surface area (Å²) >= 11 is 5.67. The quantitative estimate of drug-likeness (QED) is 0.418. The largest absolute Gasteiger partial charge is 0.454 e. The summed E-state index contributed by atoms with van der Waals surface area (Å²) in [6, 6.07) is 3.66.